The molecule has 5 heteroatoms. The molecule has 0 bridgehead atoms. The molecule has 0 aliphatic heterocycles. The van der Waals surface area contributed by atoms with Crippen LogP contribution < -0.4 is 5.32 Å². The molecule has 2 rings (SSSR count). The fourth-order valence-electron chi connectivity index (χ4n) is 2.02. The standard InChI is InChI=1S/C17H24ClN3O/c1-17(2,3)20-10-16(11-21-9-8-19-13-21)22-12-14-4-6-15(18)7-5-14/h4-9,13,16,20H,10-12H2,1-3H3. The Labute approximate surface area is 137 Å². The van der Waals surface area contributed by atoms with E-state index in [9.17, 15) is 0 Å². The predicted octanol–water partition coefficient (Wildman–Crippen LogP) is 3.51. The quantitative estimate of drug-likeness (QED) is 0.848. The second kappa shape index (κ2) is 7.77. The number of halogens is 1. The largest absolute Gasteiger partial charge is 0.370 e. The van der Waals surface area contributed by atoms with Crippen LogP contribution in [0.5, 0.6) is 0 Å². The second-order valence-corrected chi connectivity index (χ2v) is 6.89. The highest BCUT2D eigenvalue weighted by Gasteiger charge is 2.15. The topological polar surface area (TPSA) is 39.1 Å². The van der Waals surface area contributed by atoms with Crippen molar-refractivity contribution >= 4 is 11.6 Å². The van der Waals surface area contributed by atoms with Crippen molar-refractivity contribution in [1.82, 2.24) is 14.9 Å². The van der Waals surface area contributed by atoms with Crippen molar-refractivity contribution < 1.29 is 4.74 Å². The van der Waals surface area contributed by atoms with Gasteiger partial charge >= 0.3 is 0 Å². The van der Waals surface area contributed by atoms with E-state index in [-0.39, 0.29) is 11.6 Å². The summed E-state index contributed by atoms with van der Waals surface area (Å²) >= 11 is 5.91. The summed E-state index contributed by atoms with van der Waals surface area (Å²) in [5.41, 5.74) is 1.19. The lowest BCUT2D eigenvalue weighted by Crippen LogP contribution is -2.42. The molecule has 1 N–H and O–H groups in total. The van der Waals surface area contributed by atoms with Crippen LogP contribution in [-0.4, -0.2) is 27.7 Å². The zero-order chi connectivity index (χ0) is 16.0. The molecule has 1 unspecified atom stereocenters. The third kappa shape index (κ3) is 6.18. The van der Waals surface area contributed by atoms with Crippen molar-refractivity contribution in [3.05, 3.63) is 53.6 Å². The van der Waals surface area contributed by atoms with Crippen molar-refractivity contribution in [1.29, 1.82) is 0 Å². The minimum absolute atomic E-state index is 0.0663. The summed E-state index contributed by atoms with van der Waals surface area (Å²) in [6, 6.07) is 7.76. The predicted molar refractivity (Wildman–Crippen MR) is 90.0 cm³/mol. The summed E-state index contributed by atoms with van der Waals surface area (Å²) in [5.74, 6) is 0. The van der Waals surface area contributed by atoms with Crippen molar-refractivity contribution in [3.63, 3.8) is 0 Å². The first-order valence-corrected chi connectivity index (χ1v) is 7.87. The van der Waals surface area contributed by atoms with E-state index in [1.165, 1.54) is 0 Å². The van der Waals surface area contributed by atoms with Crippen LogP contribution in [0.15, 0.2) is 43.0 Å². The van der Waals surface area contributed by atoms with Crippen LogP contribution >= 0.6 is 11.6 Å². The molecule has 0 amide bonds. The maximum atomic E-state index is 6.08. The van der Waals surface area contributed by atoms with Gasteiger partial charge in [-0.25, -0.2) is 4.98 Å². The summed E-state index contributed by atoms with van der Waals surface area (Å²) in [5, 5.41) is 4.24. The Bertz CT molecular complexity index is 546. The first-order chi connectivity index (χ1) is 10.4. The van der Waals surface area contributed by atoms with Gasteiger partial charge in [0.15, 0.2) is 0 Å². The Morgan fingerprint density at radius 2 is 2.00 bits per heavy atom. The first-order valence-electron chi connectivity index (χ1n) is 7.49. The number of aromatic nitrogens is 2. The van der Waals surface area contributed by atoms with Gasteiger partial charge in [-0.1, -0.05) is 23.7 Å². The number of ether oxygens (including phenoxy) is 1. The van der Waals surface area contributed by atoms with Crippen molar-refractivity contribution in [2.45, 2.75) is 45.6 Å². The number of hydrogen-bond acceptors (Lipinski definition) is 3. The van der Waals surface area contributed by atoms with Crippen molar-refractivity contribution in [3.8, 4) is 0 Å². The highest BCUT2D eigenvalue weighted by Crippen LogP contribution is 2.12. The molecule has 1 aromatic heterocycles. The third-order valence-electron chi connectivity index (χ3n) is 3.23. The lowest BCUT2D eigenvalue weighted by Gasteiger charge is -2.26. The minimum atomic E-state index is 0.0663. The first kappa shape index (κ1) is 17.0. The number of rotatable bonds is 7. The Morgan fingerprint density at radius 3 is 2.59 bits per heavy atom. The summed E-state index contributed by atoms with van der Waals surface area (Å²) < 4.78 is 8.12. The van der Waals surface area contributed by atoms with E-state index in [0.717, 1.165) is 23.7 Å². The molecule has 0 radical (unpaired) electrons. The zero-order valence-corrected chi connectivity index (χ0v) is 14.2. The van der Waals surface area contributed by atoms with Crippen molar-refractivity contribution in [2.75, 3.05) is 6.54 Å². The van der Waals surface area contributed by atoms with Gasteiger partial charge in [0.05, 0.1) is 25.6 Å². The monoisotopic (exact) mass is 321 g/mol. The lowest BCUT2D eigenvalue weighted by atomic mass is 10.1. The molecule has 0 saturated carbocycles. The molecule has 0 saturated heterocycles. The molecule has 2 aromatic rings. The van der Waals surface area contributed by atoms with Crippen LogP contribution in [0.4, 0.5) is 0 Å². The molecule has 1 heterocycles. The number of hydrogen-bond donors (Lipinski definition) is 1. The number of nitrogens with zero attached hydrogens (tertiary/aromatic N) is 2. The average Bonchev–Trinajstić information content (AvgIpc) is 2.95. The molecule has 22 heavy (non-hydrogen) atoms. The van der Waals surface area contributed by atoms with Gasteiger partial charge in [-0.15, -0.1) is 0 Å². The van der Waals surface area contributed by atoms with Gasteiger partial charge < -0.3 is 14.6 Å². The number of nitrogens with one attached hydrogen (secondary N) is 1. The molecule has 4 nitrogen and oxygen atoms in total. The molecular weight excluding hydrogens is 298 g/mol. The van der Waals surface area contributed by atoms with Gasteiger partial charge in [0.1, 0.15) is 0 Å². The van der Waals surface area contributed by atoms with Crippen LogP contribution in [0.1, 0.15) is 26.3 Å². The van der Waals surface area contributed by atoms with Crippen LogP contribution in [0.3, 0.4) is 0 Å². The maximum absolute atomic E-state index is 6.08. The highest BCUT2D eigenvalue weighted by molar-refractivity contribution is 6.30. The molecule has 0 fully saturated rings. The number of benzene rings is 1. The van der Waals surface area contributed by atoms with Gasteiger partial charge in [0.2, 0.25) is 0 Å². The van der Waals surface area contributed by atoms with E-state index in [2.05, 4.69) is 31.1 Å². The molecule has 0 aliphatic carbocycles. The van der Waals surface area contributed by atoms with E-state index in [4.69, 9.17) is 16.3 Å². The van der Waals surface area contributed by atoms with Gasteiger partial charge in [0.25, 0.3) is 0 Å². The van der Waals surface area contributed by atoms with Crippen LogP contribution in [0, 0.1) is 0 Å². The minimum Gasteiger partial charge on any atom is -0.370 e. The second-order valence-electron chi connectivity index (χ2n) is 6.45. The zero-order valence-electron chi connectivity index (χ0n) is 13.4. The summed E-state index contributed by atoms with van der Waals surface area (Å²) in [7, 11) is 0. The average molecular weight is 322 g/mol. The SMILES string of the molecule is CC(C)(C)NCC(Cn1ccnc1)OCc1ccc(Cl)cc1. The van der Waals surface area contributed by atoms with Gasteiger partial charge in [-0.3, -0.25) is 0 Å². The lowest BCUT2D eigenvalue weighted by molar-refractivity contribution is 0.0259. The smallest absolute Gasteiger partial charge is 0.0946 e. The van der Waals surface area contributed by atoms with Gasteiger partial charge in [0, 0.05) is 29.5 Å². The van der Waals surface area contributed by atoms with Crippen LogP contribution in [0.2, 0.25) is 5.02 Å². The van der Waals surface area contributed by atoms with E-state index in [0.29, 0.717) is 6.61 Å². The molecule has 1 atom stereocenters. The number of imidazole rings is 1. The molecule has 0 aliphatic rings. The highest BCUT2D eigenvalue weighted by atomic mass is 35.5. The third-order valence-corrected chi connectivity index (χ3v) is 3.48. The fraction of sp³-hybridized carbons (Fsp3) is 0.471. The Kier molecular flexibility index (Phi) is 6.00. The Hall–Kier alpha value is -1.36. The normalized spacial score (nSPS) is 13.3. The fourth-order valence-corrected chi connectivity index (χ4v) is 2.15. The summed E-state index contributed by atoms with van der Waals surface area (Å²) in [6.45, 7) is 8.59. The summed E-state index contributed by atoms with van der Waals surface area (Å²) in [6.07, 6.45) is 5.63. The van der Waals surface area contributed by atoms with E-state index in [1.54, 1.807) is 6.20 Å². The van der Waals surface area contributed by atoms with E-state index < -0.39 is 0 Å². The Balaban J connectivity index is 1.92. The maximum Gasteiger partial charge on any atom is 0.0946 e. The van der Waals surface area contributed by atoms with Gasteiger partial charge in [-0.05, 0) is 38.5 Å². The molecule has 1 aromatic carbocycles. The molecular formula is C17H24ClN3O. The van der Waals surface area contributed by atoms with E-state index in [1.807, 2.05) is 41.4 Å². The molecule has 120 valence electrons. The molecule has 0 spiro atoms. The van der Waals surface area contributed by atoms with E-state index >= 15 is 0 Å². The van der Waals surface area contributed by atoms with Crippen LogP contribution in [-0.2, 0) is 17.9 Å². The van der Waals surface area contributed by atoms with Crippen LogP contribution in [0.25, 0.3) is 0 Å². The summed E-state index contributed by atoms with van der Waals surface area (Å²) in [4.78, 5) is 4.08. The van der Waals surface area contributed by atoms with Gasteiger partial charge in [-0.2, -0.15) is 0 Å². The Morgan fingerprint density at radius 1 is 1.27 bits per heavy atom. The van der Waals surface area contributed by atoms with Crippen molar-refractivity contribution in [2.24, 2.45) is 0 Å².